The average molecular weight is 306 g/mol. The summed E-state index contributed by atoms with van der Waals surface area (Å²) in [6, 6.07) is 6.09. The van der Waals surface area contributed by atoms with Crippen LogP contribution in [0.3, 0.4) is 0 Å². The molecule has 1 fully saturated rings. The maximum Gasteiger partial charge on any atom is 0.178 e. The lowest BCUT2D eigenvalue weighted by atomic mass is 9.94. The van der Waals surface area contributed by atoms with Crippen LogP contribution in [0.2, 0.25) is 0 Å². The summed E-state index contributed by atoms with van der Waals surface area (Å²) in [5.74, 6) is 0.850. The highest BCUT2D eigenvalue weighted by Crippen LogP contribution is 2.37. The van der Waals surface area contributed by atoms with Gasteiger partial charge < -0.3 is 19.0 Å². The number of para-hydroxylation sites is 1. The van der Waals surface area contributed by atoms with Gasteiger partial charge >= 0.3 is 0 Å². The zero-order valence-corrected chi connectivity index (χ0v) is 13.8. The minimum Gasteiger partial charge on any atom is -0.489 e. The summed E-state index contributed by atoms with van der Waals surface area (Å²) in [7, 11) is 0. The molecule has 2 atom stereocenters. The lowest BCUT2D eigenvalue weighted by Gasteiger charge is -2.30. The molecule has 2 unspecified atom stereocenters. The van der Waals surface area contributed by atoms with Crippen LogP contribution in [0.15, 0.2) is 18.2 Å². The lowest BCUT2D eigenvalue weighted by Crippen LogP contribution is -2.36. The van der Waals surface area contributed by atoms with E-state index in [0.29, 0.717) is 0 Å². The van der Waals surface area contributed by atoms with Gasteiger partial charge in [-0.05, 0) is 58.5 Å². The lowest BCUT2D eigenvalue weighted by molar-refractivity contribution is 0.0770. The van der Waals surface area contributed by atoms with Gasteiger partial charge in [-0.2, -0.15) is 0 Å². The summed E-state index contributed by atoms with van der Waals surface area (Å²) in [5, 5.41) is 0. The van der Waals surface area contributed by atoms with Crippen LogP contribution in [0, 0.1) is 4.77 Å². The van der Waals surface area contributed by atoms with Crippen LogP contribution in [-0.4, -0.2) is 28.4 Å². The molecule has 0 radical (unpaired) electrons. The van der Waals surface area contributed by atoms with Crippen molar-refractivity contribution in [1.82, 2.24) is 9.55 Å². The molecule has 1 aliphatic rings. The van der Waals surface area contributed by atoms with E-state index in [-0.39, 0.29) is 17.7 Å². The predicted octanol–water partition coefficient (Wildman–Crippen LogP) is 4.01. The van der Waals surface area contributed by atoms with Crippen LogP contribution in [0.25, 0.3) is 11.0 Å². The molecule has 1 aromatic heterocycles. The standard InChI is InChI=1S/C16H22N2O2S/c1-10(2)20-13-7-5-6-12-14(13)17-15(21)18(12)16(4)8-9-19-11(16)3/h5-7,10-11H,8-9H2,1-4H3,(H,17,21). The number of hydrogen-bond donors (Lipinski definition) is 1. The number of nitrogens with one attached hydrogen (secondary N) is 1. The Morgan fingerprint density at radius 2 is 2.24 bits per heavy atom. The molecule has 0 bridgehead atoms. The molecule has 1 saturated heterocycles. The third-order valence-electron chi connectivity index (χ3n) is 4.41. The Morgan fingerprint density at radius 3 is 2.86 bits per heavy atom. The smallest absolute Gasteiger partial charge is 0.178 e. The van der Waals surface area contributed by atoms with Crippen molar-refractivity contribution in [2.24, 2.45) is 0 Å². The Kier molecular flexibility index (Phi) is 3.58. The fraction of sp³-hybridized carbons (Fsp3) is 0.562. The molecule has 114 valence electrons. The minimum atomic E-state index is -0.119. The summed E-state index contributed by atoms with van der Waals surface area (Å²) in [5.41, 5.74) is 1.93. The van der Waals surface area contributed by atoms with Crippen LogP contribution in [0.1, 0.15) is 34.1 Å². The Morgan fingerprint density at radius 1 is 1.48 bits per heavy atom. The van der Waals surface area contributed by atoms with Crippen LogP contribution >= 0.6 is 12.2 Å². The summed E-state index contributed by atoms with van der Waals surface area (Å²) in [6.45, 7) is 9.15. The van der Waals surface area contributed by atoms with Gasteiger partial charge in [0.05, 0.1) is 23.3 Å². The molecule has 0 saturated carbocycles. The van der Waals surface area contributed by atoms with Gasteiger partial charge in [0.15, 0.2) is 4.77 Å². The van der Waals surface area contributed by atoms with Crippen LogP contribution in [0.4, 0.5) is 0 Å². The number of ether oxygens (including phenoxy) is 2. The van der Waals surface area contributed by atoms with Crippen LogP contribution < -0.4 is 4.74 Å². The van der Waals surface area contributed by atoms with Gasteiger partial charge in [0.25, 0.3) is 0 Å². The number of nitrogens with zero attached hydrogens (tertiary/aromatic N) is 1. The quantitative estimate of drug-likeness (QED) is 0.871. The SMILES string of the molecule is CC(C)Oc1cccc2c1[nH]c(=S)n2C1(C)CCOC1C. The van der Waals surface area contributed by atoms with Gasteiger partial charge in [-0.25, -0.2) is 0 Å². The first-order valence-corrected chi connectivity index (χ1v) is 7.87. The van der Waals surface area contributed by atoms with Crippen molar-refractivity contribution in [3.05, 3.63) is 23.0 Å². The Balaban J connectivity index is 2.21. The molecular weight excluding hydrogens is 284 g/mol. The fourth-order valence-corrected chi connectivity index (χ4v) is 3.49. The molecule has 3 rings (SSSR count). The van der Waals surface area contributed by atoms with E-state index in [2.05, 4.69) is 29.5 Å². The molecule has 1 aliphatic heterocycles. The zero-order chi connectivity index (χ0) is 15.2. The number of aromatic amines is 1. The van der Waals surface area contributed by atoms with Crippen molar-refractivity contribution in [3.63, 3.8) is 0 Å². The Labute approximate surface area is 130 Å². The Hall–Kier alpha value is -1.33. The van der Waals surface area contributed by atoms with E-state index in [4.69, 9.17) is 21.7 Å². The van der Waals surface area contributed by atoms with Crippen LogP contribution in [0.5, 0.6) is 5.75 Å². The Bertz CT molecular complexity index is 719. The topological polar surface area (TPSA) is 39.2 Å². The number of aromatic nitrogens is 2. The number of rotatable bonds is 3. The molecule has 1 aromatic carbocycles. The van der Waals surface area contributed by atoms with Gasteiger partial charge in [-0.3, -0.25) is 0 Å². The van der Waals surface area contributed by atoms with Gasteiger partial charge in [0.2, 0.25) is 0 Å². The molecule has 0 aliphatic carbocycles. The third kappa shape index (κ3) is 2.28. The van der Waals surface area contributed by atoms with E-state index >= 15 is 0 Å². The first kappa shape index (κ1) is 14.6. The molecule has 5 heteroatoms. The average Bonchev–Trinajstić information content (AvgIpc) is 2.91. The highest BCUT2D eigenvalue weighted by molar-refractivity contribution is 7.71. The molecular formula is C16H22N2O2S. The van der Waals surface area contributed by atoms with Gasteiger partial charge in [-0.1, -0.05) is 6.07 Å². The van der Waals surface area contributed by atoms with Crippen molar-refractivity contribution in [1.29, 1.82) is 0 Å². The van der Waals surface area contributed by atoms with E-state index in [1.54, 1.807) is 0 Å². The first-order chi connectivity index (χ1) is 9.93. The minimum absolute atomic E-state index is 0.119. The summed E-state index contributed by atoms with van der Waals surface area (Å²) in [4.78, 5) is 3.32. The summed E-state index contributed by atoms with van der Waals surface area (Å²) in [6.07, 6.45) is 1.23. The van der Waals surface area contributed by atoms with Crippen molar-refractivity contribution in [2.45, 2.75) is 51.9 Å². The number of imidazole rings is 1. The van der Waals surface area contributed by atoms with Gasteiger partial charge in [-0.15, -0.1) is 0 Å². The number of benzene rings is 1. The van der Waals surface area contributed by atoms with Gasteiger partial charge in [0, 0.05) is 6.61 Å². The normalized spacial score (nSPS) is 25.9. The molecule has 4 nitrogen and oxygen atoms in total. The van der Waals surface area contributed by atoms with Crippen molar-refractivity contribution < 1.29 is 9.47 Å². The van der Waals surface area contributed by atoms with E-state index in [1.807, 2.05) is 26.0 Å². The second kappa shape index (κ2) is 5.14. The second-order valence-corrected chi connectivity index (χ2v) is 6.59. The van der Waals surface area contributed by atoms with Crippen LogP contribution in [-0.2, 0) is 10.3 Å². The molecule has 1 N–H and O–H groups in total. The largest absolute Gasteiger partial charge is 0.489 e. The monoisotopic (exact) mass is 306 g/mol. The van der Waals surface area contributed by atoms with E-state index < -0.39 is 0 Å². The maximum atomic E-state index is 5.90. The highest BCUT2D eigenvalue weighted by Gasteiger charge is 2.40. The molecule has 21 heavy (non-hydrogen) atoms. The number of hydrogen-bond acceptors (Lipinski definition) is 3. The van der Waals surface area contributed by atoms with Crippen molar-refractivity contribution in [3.8, 4) is 5.75 Å². The molecule has 0 amide bonds. The van der Waals surface area contributed by atoms with Crippen molar-refractivity contribution >= 4 is 23.3 Å². The van der Waals surface area contributed by atoms with Gasteiger partial charge in [0.1, 0.15) is 11.3 Å². The maximum absolute atomic E-state index is 5.90. The second-order valence-electron chi connectivity index (χ2n) is 6.20. The van der Waals surface area contributed by atoms with E-state index in [9.17, 15) is 0 Å². The molecule has 2 heterocycles. The third-order valence-corrected chi connectivity index (χ3v) is 4.69. The number of fused-ring (bicyclic) bond motifs is 1. The fourth-order valence-electron chi connectivity index (χ4n) is 3.08. The summed E-state index contributed by atoms with van der Waals surface area (Å²) < 4.78 is 14.6. The number of H-pyrrole nitrogens is 1. The summed E-state index contributed by atoms with van der Waals surface area (Å²) >= 11 is 5.58. The zero-order valence-electron chi connectivity index (χ0n) is 13.0. The highest BCUT2D eigenvalue weighted by atomic mass is 32.1. The van der Waals surface area contributed by atoms with Crippen molar-refractivity contribution in [2.75, 3.05) is 6.61 Å². The van der Waals surface area contributed by atoms with E-state index in [0.717, 1.165) is 34.6 Å². The first-order valence-electron chi connectivity index (χ1n) is 7.46. The molecule has 0 spiro atoms. The van der Waals surface area contributed by atoms with E-state index in [1.165, 1.54) is 0 Å². The molecule has 2 aromatic rings. The predicted molar refractivity (Wildman–Crippen MR) is 86.6 cm³/mol.